The largest absolute Gasteiger partial charge is 0.482 e. The lowest BCUT2D eigenvalue weighted by Gasteiger charge is -2.26. The Kier molecular flexibility index (Phi) is 3.94. The van der Waals surface area contributed by atoms with E-state index in [1.165, 1.54) is 23.9 Å². The van der Waals surface area contributed by atoms with Gasteiger partial charge in [0.05, 0.1) is 10.9 Å². The third-order valence-electron chi connectivity index (χ3n) is 4.61. The van der Waals surface area contributed by atoms with Crippen molar-refractivity contribution >= 4 is 35.1 Å². The average molecular weight is 397 g/mol. The summed E-state index contributed by atoms with van der Waals surface area (Å²) in [4.78, 5) is 15.9. The predicted molar refractivity (Wildman–Crippen MR) is 102 cm³/mol. The van der Waals surface area contributed by atoms with Crippen LogP contribution in [0.25, 0.3) is 11.8 Å². The molecule has 0 saturated carbocycles. The first-order valence-electron chi connectivity index (χ1n) is 8.52. The molecule has 0 fully saturated rings. The number of hydrogen-bond acceptors (Lipinski definition) is 4. The number of thioether (sulfide) groups is 1. The van der Waals surface area contributed by atoms with Crippen molar-refractivity contribution in [3.8, 4) is 5.75 Å². The summed E-state index contributed by atoms with van der Waals surface area (Å²) >= 11 is 1.38. The number of imidazole rings is 1. The van der Waals surface area contributed by atoms with Crippen LogP contribution in [0.2, 0.25) is 0 Å². The molecule has 0 radical (unpaired) electrons. The van der Waals surface area contributed by atoms with Crippen molar-refractivity contribution in [3.63, 3.8) is 0 Å². The van der Waals surface area contributed by atoms with Gasteiger partial charge in [-0.3, -0.25) is 4.79 Å². The molecule has 5 rings (SSSR count). The van der Waals surface area contributed by atoms with Gasteiger partial charge in [-0.05, 0) is 29.3 Å². The van der Waals surface area contributed by atoms with Gasteiger partial charge in [-0.2, -0.15) is 0 Å². The molecule has 0 saturated heterocycles. The summed E-state index contributed by atoms with van der Waals surface area (Å²) in [5, 5.41) is 3.08. The van der Waals surface area contributed by atoms with Crippen LogP contribution in [0.15, 0.2) is 53.9 Å². The van der Waals surface area contributed by atoms with E-state index in [0.717, 1.165) is 17.2 Å². The van der Waals surface area contributed by atoms with Crippen LogP contribution in [0.4, 0.5) is 14.5 Å². The van der Waals surface area contributed by atoms with Gasteiger partial charge in [0, 0.05) is 30.2 Å². The van der Waals surface area contributed by atoms with E-state index < -0.39 is 16.9 Å². The van der Waals surface area contributed by atoms with Crippen molar-refractivity contribution in [3.05, 3.63) is 71.6 Å². The van der Waals surface area contributed by atoms with Gasteiger partial charge in [0.25, 0.3) is 5.91 Å². The number of ether oxygens (including phenoxy) is 1. The molecule has 1 amide bonds. The van der Waals surface area contributed by atoms with Crippen LogP contribution in [0, 0.1) is 11.6 Å². The number of amides is 1. The van der Waals surface area contributed by atoms with Crippen LogP contribution in [0.1, 0.15) is 16.4 Å². The Labute approximate surface area is 163 Å². The van der Waals surface area contributed by atoms with Crippen LogP contribution in [0.5, 0.6) is 5.75 Å². The van der Waals surface area contributed by atoms with Crippen molar-refractivity contribution in [1.82, 2.24) is 9.55 Å². The van der Waals surface area contributed by atoms with E-state index in [1.54, 1.807) is 18.3 Å². The molecule has 1 unspecified atom stereocenters. The zero-order chi connectivity index (χ0) is 19.3. The summed E-state index contributed by atoms with van der Waals surface area (Å²) < 4.78 is 35.2. The number of carbonyl (C=O) groups is 1. The Morgan fingerprint density at radius 1 is 1.21 bits per heavy atom. The molecule has 0 spiro atoms. The molecule has 2 aromatic carbocycles. The molecular weight excluding hydrogens is 384 g/mol. The molecule has 28 heavy (non-hydrogen) atoms. The van der Waals surface area contributed by atoms with E-state index in [4.69, 9.17) is 4.74 Å². The van der Waals surface area contributed by atoms with Gasteiger partial charge in [-0.25, -0.2) is 13.8 Å². The van der Waals surface area contributed by atoms with Crippen LogP contribution in [0.3, 0.4) is 0 Å². The maximum Gasteiger partial charge on any atom is 0.262 e. The zero-order valence-electron chi connectivity index (χ0n) is 14.4. The van der Waals surface area contributed by atoms with Crippen molar-refractivity contribution in [1.29, 1.82) is 0 Å². The molecule has 0 bridgehead atoms. The minimum Gasteiger partial charge on any atom is -0.482 e. The molecule has 2 aliphatic heterocycles. The number of fused-ring (bicyclic) bond motifs is 2. The Hall–Kier alpha value is -3.13. The molecule has 1 atom stereocenters. The van der Waals surface area contributed by atoms with E-state index in [1.807, 2.05) is 23.0 Å². The smallest absolute Gasteiger partial charge is 0.262 e. The summed E-state index contributed by atoms with van der Waals surface area (Å²) in [5.74, 6) is -0.879. The Morgan fingerprint density at radius 2 is 2.11 bits per heavy atom. The normalized spacial score (nSPS) is 17.9. The van der Waals surface area contributed by atoms with E-state index in [0.29, 0.717) is 22.2 Å². The van der Waals surface area contributed by atoms with Crippen LogP contribution >= 0.6 is 11.8 Å². The van der Waals surface area contributed by atoms with Gasteiger partial charge in [0.1, 0.15) is 17.4 Å². The molecule has 3 aromatic rings. The van der Waals surface area contributed by atoms with Crippen LogP contribution in [-0.4, -0.2) is 22.1 Å². The molecule has 140 valence electrons. The lowest BCUT2D eigenvalue weighted by molar-refractivity contribution is -0.118. The second-order valence-corrected chi connectivity index (χ2v) is 7.49. The molecule has 1 aromatic heterocycles. The number of halogens is 2. The summed E-state index contributed by atoms with van der Waals surface area (Å²) in [6.07, 6.45) is 5.35. The van der Waals surface area contributed by atoms with Crippen LogP contribution < -0.4 is 10.1 Å². The first kappa shape index (κ1) is 17.0. The summed E-state index contributed by atoms with van der Waals surface area (Å²) in [6.45, 7) is -0.0211. The van der Waals surface area contributed by atoms with Gasteiger partial charge in [0.15, 0.2) is 11.8 Å². The molecule has 0 aliphatic carbocycles. The molecule has 5 nitrogen and oxygen atoms in total. The Bertz CT molecular complexity index is 1140. The highest BCUT2D eigenvalue weighted by Gasteiger charge is 2.29. The fourth-order valence-corrected chi connectivity index (χ4v) is 4.52. The van der Waals surface area contributed by atoms with Gasteiger partial charge >= 0.3 is 0 Å². The molecular formula is C20H13F2N3O2S. The van der Waals surface area contributed by atoms with E-state index in [-0.39, 0.29) is 12.5 Å². The molecule has 8 heteroatoms. The molecule has 3 heterocycles. The van der Waals surface area contributed by atoms with Gasteiger partial charge < -0.3 is 14.6 Å². The Morgan fingerprint density at radius 3 is 2.96 bits per heavy atom. The quantitative estimate of drug-likeness (QED) is 0.699. The van der Waals surface area contributed by atoms with Crippen molar-refractivity contribution < 1.29 is 18.3 Å². The lowest BCUT2D eigenvalue weighted by Crippen LogP contribution is -2.25. The lowest BCUT2D eigenvalue weighted by atomic mass is 9.96. The third-order valence-corrected chi connectivity index (χ3v) is 5.88. The number of rotatable bonds is 2. The summed E-state index contributed by atoms with van der Waals surface area (Å²) in [7, 11) is 0. The van der Waals surface area contributed by atoms with Crippen LogP contribution in [-0.2, 0) is 4.79 Å². The summed E-state index contributed by atoms with van der Waals surface area (Å²) in [5.41, 5.74) is 2.54. The minimum atomic E-state index is -0.622. The number of aromatic nitrogens is 2. The highest BCUT2D eigenvalue weighted by Crippen LogP contribution is 2.49. The molecule has 1 N–H and O–H groups in total. The maximum atomic E-state index is 14.6. The van der Waals surface area contributed by atoms with E-state index >= 15 is 0 Å². The first-order valence-corrected chi connectivity index (χ1v) is 9.40. The number of hydrogen-bond donors (Lipinski definition) is 1. The number of anilines is 1. The SMILES string of the molecule is O=C1COc2ccc(C3=Cn4ccnc4SC3c3ccc(F)cc3F)cc2N1. The Balaban J connectivity index is 1.64. The topological polar surface area (TPSA) is 56.2 Å². The fourth-order valence-electron chi connectivity index (χ4n) is 3.31. The number of nitrogens with one attached hydrogen (secondary N) is 1. The maximum absolute atomic E-state index is 14.6. The fraction of sp³-hybridized carbons (Fsp3) is 0.100. The average Bonchev–Trinajstić information content (AvgIpc) is 3.14. The monoisotopic (exact) mass is 397 g/mol. The second kappa shape index (κ2) is 6.49. The standard InChI is InChI=1S/C20H13F2N3O2S/c21-12-2-3-13(15(22)8-12)19-14(9-25-6-5-23-20(25)28-19)11-1-4-17-16(7-11)24-18(26)10-27-17/h1-9,19H,10H2,(H,24,26). The van der Waals surface area contributed by atoms with Gasteiger partial charge in [-0.15, -0.1) is 0 Å². The van der Waals surface area contributed by atoms with Crippen molar-refractivity contribution in [2.24, 2.45) is 0 Å². The highest BCUT2D eigenvalue weighted by atomic mass is 32.2. The van der Waals surface area contributed by atoms with E-state index in [9.17, 15) is 13.6 Å². The number of nitrogens with zero attached hydrogens (tertiary/aromatic N) is 2. The van der Waals surface area contributed by atoms with Crippen molar-refractivity contribution in [2.75, 3.05) is 11.9 Å². The molecule has 2 aliphatic rings. The number of benzene rings is 2. The van der Waals surface area contributed by atoms with Gasteiger partial charge in [0.2, 0.25) is 0 Å². The van der Waals surface area contributed by atoms with Gasteiger partial charge in [-0.1, -0.05) is 23.9 Å². The zero-order valence-corrected chi connectivity index (χ0v) is 15.2. The second-order valence-electron chi connectivity index (χ2n) is 6.41. The van der Waals surface area contributed by atoms with Crippen molar-refractivity contribution in [2.45, 2.75) is 10.4 Å². The number of carbonyl (C=O) groups excluding carboxylic acids is 1. The third kappa shape index (κ3) is 2.86. The first-order chi connectivity index (χ1) is 13.6. The minimum absolute atomic E-state index is 0.0211. The van der Waals surface area contributed by atoms with E-state index in [2.05, 4.69) is 10.3 Å². The predicted octanol–water partition coefficient (Wildman–Crippen LogP) is 4.34. The highest BCUT2D eigenvalue weighted by molar-refractivity contribution is 7.99. The summed E-state index contributed by atoms with van der Waals surface area (Å²) in [6, 6.07) is 9.03.